The number of rotatable bonds is 7. The van der Waals surface area contributed by atoms with Crippen LogP contribution in [0.2, 0.25) is 0 Å². The summed E-state index contributed by atoms with van der Waals surface area (Å²) >= 11 is 0. The van der Waals surface area contributed by atoms with Crippen LogP contribution in [-0.4, -0.2) is 80.7 Å². The number of pyridine rings is 2. The number of carbonyl (C=O) groups is 1. The number of methoxy groups -OCH3 is 1. The lowest BCUT2D eigenvalue weighted by molar-refractivity contribution is -0.183. The van der Waals surface area contributed by atoms with Crippen LogP contribution in [-0.2, 0) is 9.53 Å². The van der Waals surface area contributed by atoms with E-state index in [1.807, 2.05) is 0 Å². The van der Waals surface area contributed by atoms with Crippen molar-refractivity contribution in [3.8, 4) is 17.3 Å². The van der Waals surface area contributed by atoms with Crippen molar-refractivity contribution in [2.45, 2.75) is 44.1 Å². The Morgan fingerprint density at radius 3 is 2.56 bits per heavy atom. The maximum Gasteiger partial charge on any atom is 0.408 e. The average Bonchev–Trinajstić information content (AvgIpc) is 3.49. The summed E-state index contributed by atoms with van der Waals surface area (Å²) in [5, 5.41) is 15.7. The molecular weight excluding hydrogens is 548 g/mol. The third kappa shape index (κ3) is 6.72. The van der Waals surface area contributed by atoms with Crippen molar-refractivity contribution in [1.82, 2.24) is 24.5 Å². The molecule has 0 radical (unpaired) electrons. The number of likely N-dealkylation sites (tertiary alicyclic amines) is 1. The van der Waals surface area contributed by atoms with Gasteiger partial charge in [0.05, 0.1) is 6.61 Å². The highest BCUT2D eigenvalue weighted by Gasteiger charge is 2.46. The molecule has 10 nitrogen and oxygen atoms in total. The van der Waals surface area contributed by atoms with Gasteiger partial charge in [-0.05, 0) is 44.0 Å². The molecule has 1 aliphatic heterocycles. The highest BCUT2D eigenvalue weighted by molar-refractivity contribution is 5.86. The van der Waals surface area contributed by atoms with Crippen molar-refractivity contribution < 1.29 is 36.9 Å². The first-order valence-electron chi connectivity index (χ1n) is 12.6. The molecule has 220 valence electrons. The summed E-state index contributed by atoms with van der Waals surface area (Å²) < 4.78 is 69.6. The summed E-state index contributed by atoms with van der Waals surface area (Å²) in [5.74, 6) is -0.0391. The Morgan fingerprint density at radius 1 is 1.20 bits per heavy atom. The van der Waals surface area contributed by atoms with Gasteiger partial charge in [0.25, 0.3) is 6.47 Å². The molecule has 4 aromatic rings. The molecule has 1 saturated heterocycles. The lowest BCUT2D eigenvalue weighted by Gasteiger charge is -2.30. The van der Waals surface area contributed by atoms with E-state index in [0.717, 1.165) is 0 Å². The third-order valence-corrected chi connectivity index (χ3v) is 6.50. The number of nitrogens with zero attached hydrogens (tertiary/aromatic N) is 5. The first-order valence-corrected chi connectivity index (χ1v) is 12.6. The fraction of sp³-hybridized carbons (Fsp3) is 0.407. The molecule has 5 rings (SSSR count). The van der Waals surface area contributed by atoms with E-state index >= 15 is 0 Å². The number of aromatic nitrogens is 4. The van der Waals surface area contributed by atoms with Gasteiger partial charge in [0.2, 0.25) is 0 Å². The molecule has 1 aromatic carbocycles. The van der Waals surface area contributed by atoms with Gasteiger partial charge < -0.3 is 20.3 Å². The Kier molecular flexibility index (Phi) is 8.75. The quantitative estimate of drug-likeness (QED) is 0.245. The van der Waals surface area contributed by atoms with Crippen LogP contribution < -0.4 is 10.5 Å². The molecule has 1 fully saturated rings. The predicted octanol–water partition coefficient (Wildman–Crippen LogP) is 4.22. The molecule has 2 atom stereocenters. The summed E-state index contributed by atoms with van der Waals surface area (Å²) in [5.41, 5.74) is 6.26. The Hall–Kier alpha value is -3.88. The minimum atomic E-state index is -4.50. The Morgan fingerprint density at radius 2 is 1.93 bits per heavy atom. The minimum Gasteiger partial charge on any atom is -0.483 e. The number of nitrogens with two attached hydrogens (primary N) is 1. The van der Waals surface area contributed by atoms with Crippen molar-refractivity contribution in [3.63, 3.8) is 0 Å². The van der Waals surface area contributed by atoms with Crippen LogP contribution in [0.4, 0.5) is 17.6 Å². The Labute approximate surface area is 232 Å². The van der Waals surface area contributed by atoms with E-state index in [-0.39, 0.29) is 49.3 Å². The zero-order valence-electron chi connectivity index (χ0n) is 22.6. The van der Waals surface area contributed by atoms with Gasteiger partial charge in [-0.1, -0.05) is 12.1 Å². The van der Waals surface area contributed by atoms with E-state index in [1.54, 1.807) is 26.0 Å². The number of benzene rings is 1. The lowest BCUT2D eigenvalue weighted by Crippen LogP contribution is -2.38. The second-order valence-corrected chi connectivity index (χ2v) is 10.3. The van der Waals surface area contributed by atoms with Crippen molar-refractivity contribution in [3.05, 3.63) is 54.0 Å². The number of hydrogen-bond acceptors (Lipinski definition) is 8. The van der Waals surface area contributed by atoms with Crippen molar-refractivity contribution in [2.24, 2.45) is 5.73 Å². The van der Waals surface area contributed by atoms with Gasteiger partial charge in [-0.2, -0.15) is 13.2 Å². The van der Waals surface area contributed by atoms with Gasteiger partial charge in [0.1, 0.15) is 34.4 Å². The lowest BCUT2D eigenvalue weighted by atomic mass is 10.1. The molecule has 4 heterocycles. The normalized spacial score (nSPS) is 16.9. The molecule has 0 unspecified atom stereocenters. The topological polar surface area (TPSA) is 128 Å². The molecule has 3 aromatic heterocycles. The van der Waals surface area contributed by atoms with Gasteiger partial charge in [0, 0.05) is 43.9 Å². The minimum absolute atomic E-state index is 0.0494. The van der Waals surface area contributed by atoms with Crippen LogP contribution in [0.1, 0.15) is 31.9 Å². The van der Waals surface area contributed by atoms with Crippen LogP contribution >= 0.6 is 0 Å². The summed E-state index contributed by atoms with van der Waals surface area (Å²) in [7, 11) is 1.54. The molecule has 0 saturated carbocycles. The number of halogens is 4. The monoisotopic (exact) mass is 578 g/mol. The number of alkyl halides is 3. The summed E-state index contributed by atoms with van der Waals surface area (Å²) in [4.78, 5) is 14.4. The molecule has 1 aliphatic rings. The number of fused-ring (bicyclic) bond motifs is 2. The average molecular weight is 579 g/mol. The van der Waals surface area contributed by atoms with Crippen LogP contribution in [0.15, 0.2) is 42.6 Å². The molecule has 3 N–H and O–H groups in total. The van der Waals surface area contributed by atoms with Gasteiger partial charge in [-0.25, -0.2) is 9.37 Å². The van der Waals surface area contributed by atoms with E-state index in [2.05, 4.69) is 15.2 Å². The second-order valence-electron chi connectivity index (χ2n) is 10.3. The van der Waals surface area contributed by atoms with Crippen LogP contribution in [0.25, 0.3) is 28.1 Å². The molecule has 0 spiro atoms. The first kappa shape index (κ1) is 30.1. The smallest absolute Gasteiger partial charge is 0.408 e. The second kappa shape index (κ2) is 11.9. The highest BCUT2D eigenvalue weighted by atomic mass is 19.4. The van der Waals surface area contributed by atoms with E-state index < -0.39 is 23.6 Å². The fourth-order valence-electron chi connectivity index (χ4n) is 4.95. The molecule has 0 bridgehead atoms. The van der Waals surface area contributed by atoms with Crippen molar-refractivity contribution >= 4 is 23.0 Å². The van der Waals surface area contributed by atoms with Crippen LogP contribution in [0.5, 0.6) is 5.75 Å². The number of carboxylic acid groups (broad SMARTS) is 1. The highest BCUT2D eigenvalue weighted by Crippen LogP contribution is 2.39. The Bertz CT molecular complexity index is 1530. The molecule has 0 amide bonds. The van der Waals surface area contributed by atoms with Gasteiger partial charge >= 0.3 is 6.18 Å². The maximum atomic E-state index is 14.3. The maximum absolute atomic E-state index is 14.3. The molecule has 41 heavy (non-hydrogen) atoms. The van der Waals surface area contributed by atoms with Gasteiger partial charge in [0.15, 0.2) is 11.5 Å². The Balaban J connectivity index is 0.00000124. The van der Waals surface area contributed by atoms with Crippen molar-refractivity contribution in [1.29, 1.82) is 0 Å². The van der Waals surface area contributed by atoms with E-state index in [4.69, 9.17) is 25.1 Å². The number of ether oxygens (including phenoxy) is 2. The zero-order chi connectivity index (χ0) is 29.9. The fourth-order valence-corrected chi connectivity index (χ4v) is 4.95. The molecular formula is C27H30F4N6O4. The van der Waals surface area contributed by atoms with Gasteiger partial charge in [-0.3, -0.25) is 14.1 Å². The predicted molar refractivity (Wildman–Crippen MR) is 142 cm³/mol. The SMILES string of the molecule is COCC(C)(C)Oc1cc(F)cc2ccc(-c3nnc4ccc([C@@H](N5CC[C@H](N)C5)C(F)(F)F)cn34)nc12.O=CO. The molecule has 0 aliphatic carbocycles. The van der Waals surface area contributed by atoms with Crippen LogP contribution in [0.3, 0.4) is 0 Å². The van der Waals surface area contributed by atoms with E-state index in [1.165, 1.54) is 46.9 Å². The third-order valence-electron chi connectivity index (χ3n) is 6.50. The van der Waals surface area contributed by atoms with Crippen LogP contribution in [0, 0.1) is 5.82 Å². The largest absolute Gasteiger partial charge is 0.483 e. The van der Waals surface area contributed by atoms with Crippen molar-refractivity contribution in [2.75, 3.05) is 26.8 Å². The number of hydrogen-bond donors (Lipinski definition) is 2. The summed E-state index contributed by atoms with van der Waals surface area (Å²) in [6.07, 6.45) is -2.61. The molecule has 14 heteroatoms. The van der Waals surface area contributed by atoms with Gasteiger partial charge in [-0.15, -0.1) is 10.2 Å². The first-order chi connectivity index (χ1) is 19.4. The zero-order valence-corrected chi connectivity index (χ0v) is 22.6. The summed E-state index contributed by atoms with van der Waals surface area (Å²) in [6.45, 7) is 4.01. The standard InChI is InChI=1S/C26H28F4N6O2.CH2O2/c1-25(2,14-37-3)38-20-11-17(27)10-15-4-6-19(32-22(15)20)24-34-33-21-7-5-16(12-36(21)24)23(26(28,29)30)35-9-8-18(31)13-35;2-1-3/h4-7,10-12,18,23H,8-9,13-14,31H2,1-3H3;1H,(H,2,3)/t18-,23+;/m0./s1. The van der Waals surface area contributed by atoms with E-state index in [9.17, 15) is 17.6 Å². The van der Waals surface area contributed by atoms with E-state index in [0.29, 0.717) is 28.7 Å². The summed E-state index contributed by atoms with van der Waals surface area (Å²) in [6, 6.07) is 6.65.